The van der Waals surface area contributed by atoms with E-state index in [1.807, 2.05) is 0 Å². The summed E-state index contributed by atoms with van der Waals surface area (Å²) in [5.74, 6) is 1.83. The molecule has 12 nitrogen and oxygen atoms in total. The minimum absolute atomic E-state index is 0.173. The Morgan fingerprint density at radius 2 is 1.03 bits per heavy atom. The lowest BCUT2D eigenvalue weighted by Gasteiger charge is -2.42. The quantitative estimate of drug-likeness (QED) is 0.532. The zero-order chi connectivity index (χ0) is 26.6. The summed E-state index contributed by atoms with van der Waals surface area (Å²) < 4.78 is 10.1. The number of amides is 4. The van der Waals surface area contributed by atoms with Gasteiger partial charge in [-0.1, -0.05) is 10.3 Å². The molecule has 0 aromatic carbocycles. The van der Waals surface area contributed by atoms with Gasteiger partial charge in [-0.2, -0.15) is 0 Å². The highest BCUT2D eigenvalue weighted by atomic mass is 16.5. The van der Waals surface area contributed by atoms with Crippen LogP contribution in [0.3, 0.4) is 0 Å². The van der Waals surface area contributed by atoms with Crippen LogP contribution in [0.1, 0.15) is 50.0 Å². The number of carbonyl (C=O) groups is 4. The van der Waals surface area contributed by atoms with E-state index in [0.717, 1.165) is 61.7 Å². The van der Waals surface area contributed by atoms with Gasteiger partial charge >= 0.3 is 0 Å². The molecule has 202 valence electrons. The maximum absolute atomic E-state index is 13.0. The van der Waals surface area contributed by atoms with Crippen LogP contribution in [-0.2, 0) is 19.2 Å². The van der Waals surface area contributed by atoms with E-state index in [2.05, 4.69) is 20.1 Å². The molecule has 0 N–H and O–H groups in total. The summed E-state index contributed by atoms with van der Waals surface area (Å²) >= 11 is 0. The van der Waals surface area contributed by atoms with Crippen LogP contribution in [-0.4, -0.2) is 82.0 Å². The molecule has 4 amide bonds. The van der Waals surface area contributed by atoms with E-state index in [4.69, 9.17) is 9.05 Å². The lowest BCUT2D eigenvalue weighted by atomic mass is 9.78. The molecule has 0 radical (unpaired) electrons. The number of hydrogen-bond acceptors (Lipinski definition) is 10. The fraction of sp³-hybridized carbons (Fsp3) is 0.615. The maximum Gasteiger partial charge on any atom is 0.252 e. The zero-order valence-corrected chi connectivity index (χ0v) is 21.7. The van der Waals surface area contributed by atoms with Crippen LogP contribution in [0.4, 0.5) is 11.6 Å². The third kappa shape index (κ3) is 4.35. The predicted molar refractivity (Wildman–Crippen MR) is 133 cm³/mol. The van der Waals surface area contributed by atoms with Crippen molar-refractivity contribution in [2.45, 2.75) is 64.5 Å². The minimum Gasteiger partial charge on any atom is -0.360 e. The molecule has 2 aromatic rings. The van der Waals surface area contributed by atoms with Gasteiger partial charge in [0.25, 0.3) is 11.8 Å². The first-order valence-corrected chi connectivity index (χ1v) is 13.4. The minimum atomic E-state index is -0.440. The summed E-state index contributed by atoms with van der Waals surface area (Å²) in [6.07, 6.45) is 4.26. The molecule has 0 unspecified atom stereocenters. The van der Waals surface area contributed by atoms with Crippen LogP contribution >= 0.6 is 0 Å². The van der Waals surface area contributed by atoms with Crippen molar-refractivity contribution in [1.29, 1.82) is 0 Å². The van der Waals surface area contributed by atoms with Crippen molar-refractivity contribution in [2.75, 3.05) is 36.0 Å². The van der Waals surface area contributed by atoms with Crippen molar-refractivity contribution in [3.63, 3.8) is 0 Å². The highest BCUT2D eigenvalue weighted by Crippen LogP contribution is 2.36. The van der Waals surface area contributed by atoms with E-state index in [1.54, 1.807) is 26.0 Å². The molecule has 4 aliphatic heterocycles. The number of rotatable bonds is 5. The summed E-state index contributed by atoms with van der Waals surface area (Å²) in [6, 6.07) is 2.34. The van der Waals surface area contributed by atoms with Crippen LogP contribution in [0.5, 0.6) is 0 Å². The van der Waals surface area contributed by atoms with E-state index in [9.17, 15) is 19.2 Å². The Labute approximate surface area is 219 Å². The molecule has 2 aromatic heterocycles. The molecular formula is C26H32N6O6. The molecule has 0 saturated carbocycles. The Bertz CT molecular complexity index is 1160. The standard InChI is InChI=1S/C26H32N6O6/c1-15-11-21(27-37-15)31-23(33)13-19(25(31)35)29-7-3-17(4-8-29)18-5-9-30(10-6-18)20-14-24(34)32(26(20)36)22-12-16(2)38-28-22/h11-12,17-20H,3-10,13-14H2,1-2H3/t19-,20-/m1/s1. The lowest BCUT2D eigenvalue weighted by molar-refractivity contribution is -0.125. The van der Waals surface area contributed by atoms with Crippen LogP contribution < -0.4 is 9.80 Å². The second kappa shape index (κ2) is 9.73. The van der Waals surface area contributed by atoms with E-state index in [0.29, 0.717) is 23.4 Å². The second-order valence-corrected chi connectivity index (χ2v) is 10.9. The van der Waals surface area contributed by atoms with Crippen LogP contribution in [0.2, 0.25) is 0 Å². The Morgan fingerprint density at radius 1 is 0.658 bits per heavy atom. The van der Waals surface area contributed by atoms with Gasteiger partial charge in [0, 0.05) is 12.1 Å². The predicted octanol–water partition coefficient (Wildman–Crippen LogP) is 1.67. The van der Waals surface area contributed by atoms with Crippen molar-refractivity contribution < 1.29 is 28.2 Å². The van der Waals surface area contributed by atoms with Crippen molar-refractivity contribution >= 4 is 35.3 Å². The molecule has 6 rings (SSSR count). The molecule has 4 fully saturated rings. The van der Waals surface area contributed by atoms with Crippen LogP contribution in [0.15, 0.2) is 21.2 Å². The smallest absolute Gasteiger partial charge is 0.252 e. The highest BCUT2D eigenvalue weighted by Gasteiger charge is 2.47. The summed E-state index contributed by atoms with van der Waals surface area (Å²) in [5.41, 5.74) is 0. The molecule has 0 bridgehead atoms. The second-order valence-electron chi connectivity index (χ2n) is 10.9. The topological polar surface area (TPSA) is 133 Å². The summed E-state index contributed by atoms with van der Waals surface area (Å²) in [6.45, 7) is 6.58. The first-order valence-electron chi connectivity index (χ1n) is 13.4. The third-order valence-electron chi connectivity index (χ3n) is 8.63. The summed E-state index contributed by atoms with van der Waals surface area (Å²) in [7, 11) is 0. The van der Waals surface area contributed by atoms with Crippen molar-refractivity contribution in [3.8, 4) is 0 Å². The zero-order valence-electron chi connectivity index (χ0n) is 21.7. The fourth-order valence-electron chi connectivity index (χ4n) is 6.61. The lowest BCUT2D eigenvalue weighted by Crippen LogP contribution is -2.49. The Morgan fingerprint density at radius 3 is 1.34 bits per heavy atom. The molecule has 0 aliphatic carbocycles. The van der Waals surface area contributed by atoms with E-state index in [1.165, 1.54) is 0 Å². The first-order chi connectivity index (χ1) is 18.3. The Hall–Kier alpha value is -3.38. The molecule has 38 heavy (non-hydrogen) atoms. The number of piperidine rings is 2. The molecule has 2 atom stereocenters. The fourth-order valence-corrected chi connectivity index (χ4v) is 6.61. The largest absolute Gasteiger partial charge is 0.360 e. The first kappa shape index (κ1) is 24.9. The van der Waals surface area contributed by atoms with E-state index in [-0.39, 0.29) is 48.1 Å². The van der Waals surface area contributed by atoms with Gasteiger partial charge in [0.2, 0.25) is 11.8 Å². The van der Waals surface area contributed by atoms with Gasteiger partial charge in [-0.05, 0) is 77.5 Å². The summed E-state index contributed by atoms with van der Waals surface area (Å²) in [4.78, 5) is 57.8. The number of carbonyl (C=O) groups excluding carboxylic acids is 4. The maximum atomic E-state index is 13.0. The van der Waals surface area contributed by atoms with Crippen molar-refractivity contribution in [3.05, 3.63) is 23.7 Å². The molecule has 4 aliphatic rings. The van der Waals surface area contributed by atoms with Gasteiger partial charge in [0.15, 0.2) is 11.6 Å². The van der Waals surface area contributed by atoms with E-state index < -0.39 is 12.1 Å². The van der Waals surface area contributed by atoms with Gasteiger partial charge in [0.1, 0.15) is 11.5 Å². The molecular weight excluding hydrogens is 492 g/mol. The number of anilines is 2. The molecule has 6 heterocycles. The average molecular weight is 525 g/mol. The summed E-state index contributed by atoms with van der Waals surface area (Å²) in [5, 5.41) is 7.70. The van der Waals surface area contributed by atoms with Gasteiger partial charge in [-0.15, -0.1) is 0 Å². The average Bonchev–Trinajstić information content (AvgIpc) is 3.66. The molecule has 4 saturated heterocycles. The van der Waals surface area contributed by atoms with Crippen molar-refractivity contribution in [2.24, 2.45) is 11.8 Å². The number of likely N-dealkylation sites (tertiary alicyclic amines) is 2. The van der Waals surface area contributed by atoms with E-state index >= 15 is 0 Å². The van der Waals surface area contributed by atoms with Crippen LogP contribution in [0, 0.1) is 25.7 Å². The van der Waals surface area contributed by atoms with Crippen LogP contribution in [0.25, 0.3) is 0 Å². The number of hydrogen-bond donors (Lipinski definition) is 0. The molecule has 12 heteroatoms. The SMILES string of the molecule is Cc1cc(N2C(=O)C[C@@H](N3CCC(C4CCN([C@@H]5CC(=O)N(c6cc(C)on6)C5=O)CC4)CC3)C2=O)no1. The number of nitrogens with zero attached hydrogens (tertiary/aromatic N) is 6. The Balaban J connectivity index is 1.00. The molecule has 0 spiro atoms. The highest BCUT2D eigenvalue weighted by molar-refractivity contribution is 6.22. The van der Waals surface area contributed by atoms with Gasteiger partial charge in [-0.25, -0.2) is 9.80 Å². The number of aryl methyl sites for hydroxylation is 2. The van der Waals surface area contributed by atoms with Gasteiger partial charge in [0.05, 0.1) is 24.9 Å². The number of aromatic nitrogens is 2. The van der Waals surface area contributed by atoms with Crippen molar-refractivity contribution in [1.82, 2.24) is 20.1 Å². The monoisotopic (exact) mass is 524 g/mol. The third-order valence-corrected chi connectivity index (χ3v) is 8.63. The Kier molecular flexibility index (Phi) is 6.39. The van der Waals surface area contributed by atoms with Gasteiger partial charge in [-0.3, -0.25) is 29.0 Å². The number of imide groups is 2. The van der Waals surface area contributed by atoms with Gasteiger partial charge < -0.3 is 9.05 Å². The normalized spacial score (nSPS) is 26.9.